The van der Waals surface area contributed by atoms with Crippen molar-refractivity contribution in [2.24, 2.45) is 0 Å². The summed E-state index contributed by atoms with van der Waals surface area (Å²) >= 11 is 0. The molecule has 23 heavy (non-hydrogen) atoms. The van der Waals surface area contributed by atoms with Crippen molar-refractivity contribution in [2.45, 2.75) is 13.0 Å². The van der Waals surface area contributed by atoms with Gasteiger partial charge >= 0.3 is 0 Å². The summed E-state index contributed by atoms with van der Waals surface area (Å²) < 4.78 is 39.3. The first kappa shape index (κ1) is 16.5. The number of hydrogen-bond donors (Lipinski definition) is 1. The Balaban J connectivity index is 1.93. The molecule has 3 heterocycles. The molecule has 1 N–H and O–H groups in total. The lowest BCUT2D eigenvalue weighted by Gasteiger charge is -2.38. The van der Waals surface area contributed by atoms with Crippen molar-refractivity contribution in [3.63, 3.8) is 0 Å². The maximum absolute atomic E-state index is 12.9. The van der Waals surface area contributed by atoms with E-state index in [4.69, 9.17) is 9.47 Å². The van der Waals surface area contributed by atoms with E-state index in [1.54, 1.807) is 6.92 Å². The Kier molecular flexibility index (Phi) is 4.78. The number of aromatic nitrogens is 2. The van der Waals surface area contributed by atoms with Crippen LogP contribution in [0.4, 0.5) is 0 Å². The average Bonchev–Trinajstić information content (AvgIpc) is 2.55. The fourth-order valence-electron chi connectivity index (χ4n) is 2.80. The van der Waals surface area contributed by atoms with Crippen LogP contribution in [0.15, 0.2) is 10.9 Å². The lowest BCUT2D eigenvalue weighted by atomic mass is 10.2. The van der Waals surface area contributed by atoms with Crippen molar-refractivity contribution in [1.82, 2.24) is 18.6 Å². The van der Waals surface area contributed by atoms with E-state index in [1.165, 1.54) is 14.7 Å². The first-order chi connectivity index (χ1) is 11.0. The summed E-state index contributed by atoms with van der Waals surface area (Å²) in [4.78, 5) is 18.5. The Bertz CT molecular complexity index is 713. The van der Waals surface area contributed by atoms with Gasteiger partial charge in [0, 0.05) is 25.7 Å². The van der Waals surface area contributed by atoms with Crippen LogP contribution in [0.25, 0.3) is 0 Å². The Labute approximate surface area is 134 Å². The molecule has 128 valence electrons. The summed E-state index contributed by atoms with van der Waals surface area (Å²) in [7, 11) is -3.65. The van der Waals surface area contributed by atoms with Gasteiger partial charge in [0.15, 0.2) is 0 Å². The molecule has 2 saturated heterocycles. The highest BCUT2D eigenvalue weighted by Crippen LogP contribution is 2.27. The van der Waals surface area contributed by atoms with Crippen molar-refractivity contribution in [1.29, 1.82) is 0 Å². The molecule has 9 nitrogen and oxygen atoms in total. The van der Waals surface area contributed by atoms with E-state index in [1.807, 2.05) is 0 Å². The largest absolute Gasteiger partial charge is 0.379 e. The van der Waals surface area contributed by atoms with Crippen molar-refractivity contribution in [3.05, 3.63) is 27.9 Å². The van der Waals surface area contributed by atoms with Gasteiger partial charge in [-0.25, -0.2) is 4.98 Å². The standard InChI is InChI=1S/C13H20N4O5S/c1-10-14-11(8-13(18)15-10)12-9-22-7-4-17(12)23(19,20)16-2-5-21-6-3-16/h8,12H,2-7,9H2,1H3,(H,14,15,18)/t12-/m0/s1. The zero-order valence-electron chi connectivity index (χ0n) is 12.9. The molecule has 1 aromatic heterocycles. The van der Waals surface area contributed by atoms with Crippen LogP contribution in [0.1, 0.15) is 17.6 Å². The first-order valence-electron chi connectivity index (χ1n) is 7.49. The third kappa shape index (κ3) is 3.45. The van der Waals surface area contributed by atoms with Gasteiger partial charge in [-0.1, -0.05) is 0 Å². The topological polar surface area (TPSA) is 105 Å². The van der Waals surface area contributed by atoms with Crippen LogP contribution in [0.3, 0.4) is 0 Å². The predicted octanol–water partition coefficient (Wildman–Crippen LogP) is -0.971. The Morgan fingerprint density at radius 2 is 1.91 bits per heavy atom. The van der Waals surface area contributed by atoms with Gasteiger partial charge in [-0.15, -0.1) is 0 Å². The van der Waals surface area contributed by atoms with Gasteiger partial charge in [0.25, 0.3) is 15.8 Å². The molecule has 1 atom stereocenters. The van der Waals surface area contributed by atoms with Crippen LogP contribution < -0.4 is 5.56 Å². The normalized spacial score (nSPS) is 24.7. The van der Waals surface area contributed by atoms with E-state index in [2.05, 4.69) is 9.97 Å². The Hall–Kier alpha value is -1.33. The molecule has 0 bridgehead atoms. The highest BCUT2D eigenvalue weighted by atomic mass is 32.2. The van der Waals surface area contributed by atoms with Crippen molar-refractivity contribution >= 4 is 10.2 Å². The van der Waals surface area contributed by atoms with Gasteiger partial charge in [-0.3, -0.25) is 4.79 Å². The van der Waals surface area contributed by atoms with Gasteiger partial charge in [-0.2, -0.15) is 17.0 Å². The van der Waals surface area contributed by atoms with E-state index >= 15 is 0 Å². The second kappa shape index (κ2) is 6.65. The number of nitrogens with zero attached hydrogens (tertiary/aromatic N) is 3. The highest BCUT2D eigenvalue weighted by molar-refractivity contribution is 7.86. The van der Waals surface area contributed by atoms with Gasteiger partial charge in [-0.05, 0) is 6.92 Å². The molecule has 2 aliphatic heterocycles. The number of aromatic amines is 1. The molecule has 2 fully saturated rings. The van der Waals surface area contributed by atoms with Gasteiger partial charge < -0.3 is 14.5 Å². The zero-order valence-corrected chi connectivity index (χ0v) is 13.7. The third-order valence-electron chi connectivity index (χ3n) is 3.89. The minimum absolute atomic E-state index is 0.180. The molecular weight excluding hydrogens is 324 g/mol. The molecule has 0 radical (unpaired) electrons. The van der Waals surface area contributed by atoms with E-state index in [0.29, 0.717) is 44.4 Å². The van der Waals surface area contributed by atoms with E-state index in [-0.39, 0.29) is 18.7 Å². The number of rotatable bonds is 3. The summed E-state index contributed by atoms with van der Waals surface area (Å²) in [6.45, 7) is 3.82. The van der Waals surface area contributed by atoms with Gasteiger partial charge in [0.05, 0.1) is 38.2 Å². The molecule has 0 amide bonds. The van der Waals surface area contributed by atoms with Crippen LogP contribution in [0.5, 0.6) is 0 Å². The summed E-state index contributed by atoms with van der Waals surface area (Å²) in [5.74, 6) is 0.446. The summed E-state index contributed by atoms with van der Waals surface area (Å²) in [5, 5.41) is 0. The van der Waals surface area contributed by atoms with Crippen molar-refractivity contribution in [3.8, 4) is 0 Å². The molecule has 0 aliphatic carbocycles. The van der Waals surface area contributed by atoms with E-state index in [0.717, 1.165) is 0 Å². The predicted molar refractivity (Wildman–Crippen MR) is 81.2 cm³/mol. The molecular formula is C13H20N4O5S. The summed E-state index contributed by atoms with van der Waals surface area (Å²) in [5.41, 5.74) is 0.101. The molecule has 0 saturated carbocycles. The molecule has 0 spiro atoms. The number of H-pyrrole nitrogens is 1. The second-order valence-electron chi connectivity index (χ2n) is 5.48. The number of morpholine rings is 2. The first-order valence-corrected chi connectivity index (χ1v) is 8.88. The van der Waals surface area contributed by atoms with E-state index in [9.17, 15) is 13.2 Å². The Morgan fingerprint density at radius 3 is 2.61 bits per heavy atom. The zero-order chi connectivity index (χ0) is 16.4. The number of hydrogen-bond acceptors (Lipinski definition) is 6. The number of aryl methyl sites for hydroxylation is 1. The minimum atomic E-state index is -3.65. The van der Waals surface area contributed by atoms with Crippen molar-refractivity contribution < 1.29 is 17.9 Å². The summed E-state index contributed by atoms with van der Waals surface area (Å²) in [6.07, 6.45) is 0. The lowest BCUT2D eigenvalue weighted by Crippen LogP contribution is -2.53. The maximum atomic E-state index is 12.9. The van der Waals surface area contributed by atoms with Gasteiger partial charge in [0.2, 0.25) is 0 Å². The molecule has 3 rings (SSSR count). The highest BCUT2D eigenvalue weighted by Gasteiger charge is 2.39. The molecule has 10 heteroatoms. The number of nitrogens with one attached hydrogen (secondary N) is 1. The van der Waals surface area contributed by atoms with Crippen LogP contribution in [0.2, 0.25) is 0 Å². The SMILES string of the molecule is Cc1nc([C@@H]2COCCN2S(=O)(=O)N2CCOCC2)cc(=O)[nH]1. The molecule has 0 aromatic carbocycles. The molecule has 2 aliphatic rings. The quantitative estimate of drug-likeness (QED) is 0.756. The number of ether oxygens (including phenoxy) is 2. The Morgan fingerprint density at radius 1 is 1.22 bits per heavy atom. The molecule has 1 aromatic rings. The summed E-state index contributed by atoms with van der Waals surface area (Å²) in [6, 6.07) is 0.728. The lowest BCUT2D eigenvalue weighted by molar-refractivity contribution is 0.0223. The van der Waals surface area contributed by atoms with Crippen molar-refractivity contribution in [2.75, 3.05) is 46.1 Å². The van der Waals surface area contributed by atoms with E-state index < -0.39 is 16.3 Å². The van der Waals surface area contributed by atoms with Crippen LogP contribution >= 0.6 is 0 Å². The third-order valence-corrected chi connectivity index (χ3v) is 5.94. The van der Waals surface area contributed by atoms with Crippen LogP contribution in [-0.2, 0) is 19.7 Å². The smallest absolute Gasteiger partial charge is 0.282 e. The molecule has 0 unspecified atom stereocenters. The fourth-order valence-corrected chi connectivity index (χ4v) is 4.50. The average molecular weight is 344 g/mol. The van der Waals surface area contributed by atoms with Crippen LogP contribution in [-0.4, -0.2) is 73.1 Å². The van der Waals surface area contributed by atoms with Crippen LogP contribution in [0, 0.1) is 6.92 Å². The fraction of sp³-hybridized carbons (Fsp3) is 0.692. The maximum Gasteiger partial charge on any atom is 0.282 e. The monoisotopic (exact) mass is 344 g/mol. The van der Waals surface area contributed by atoms with Gasteiger partial charge in [0.1, 0.15) is 5.82 Å². The minimum Gasteiger partial charge on any atom is -0.379 e. The second-order valence-corrected chi connectivity index (χ2v) is 7.36.